The van der Waals surface area contributed by atoms with Crippen molar-refractivity contribution in [2.75, 3.05) is 12.4 Å². The Hall–Kier alpha value is -4.73. The van der Waals surface area contributed by atoms with Gasteiger partial charge in [0.2, 0.25) is 11.7 Å². The van der Waals surface area contributed by atoms with Crippen molar-refractivity contribution in [1.29, 1.82) is 0 Å². The lowest BCUT2D eigenvalue weighted by molar-refractivity contribution is -0.117. The van der Waals surface area contributed by atoms with E-state index in [4.69, 9.17) is 9.26 Å². The molecular formula is C24H20N6O4. The first-order valence-corrected chi connectivity index (χ1v) is 10.5. The molecule has 1 N–H and O–H groups in total. The molecule has 0 unspecified atom stereocenters. The van der Waals surface area contributed by atoms with Crippen LogP contribution in [0.1, 0.15) is 5.56 Å². The summed E-state index contributed by atoms with van der Waals surface area (Å²) in [6.45, 7) is 1.63. The number of aromatic nitrogens is 5. The SMILES string of the molecule is COc1ccc(C)cc1NC(=O)Cn1nc2c(-c3nc(-c4ccccc4)no3)cccn2c1=O. The van der Waals surface area contributed by atoms with E-state index in [0.29, 0.717) is 28.5 Å². The molecule has 5 rings (SSSR count). The topological polar surface area (TPSA) is 117 Å². The third-order valence-corrected chi connectivity index (χ3v) is 5.22. The van der Waals surface area contributed by atoms with Gasteiger partial charge in [-0.15, -0.1) is 5.10 Å². The van der Waals surface area contributed by atoms with Crippen LogP contribution in [0.4, 0.5) is 5.69 Å². The molecule has 34 heavy (non-hydrogen) atoms. The van der Waals surface area contributed by atoms with E-state index in [1.54, 1.807) is 30.5 Å². The first-order chi connectivity index (χ1) is 16.5. The Morgan fingerprint density at radius 3 is 2.74 bits per heavy atom. The number of aryl methyl sites for hydroxylation is 1. The van der Waals surface area contributed by atoms with Gasteiger partial charge in [-0.3, -0.25) is 4.79 Å². The van der Waals surface area contributed by atoms with Crippen molar-refractivity contribution in [3.8, 4) is 28.6 Å². The molecule has 0 radical (unpaired) electrons. The average Bonchev–Trinajstić information content (AvgIpc) is 3.45. The maximum atomic E-state index is 12.9. The normalized spacial score (nSPS) is 11.0. The number of rotatable bonds is 6. The van der Waals surface area contributed by atoms with E-state index in [1.807, 2.05) is 43.3 Å². The summed E-state index contributed by atoms with van der Waals surface area (Å²) < 4.78 is 13.2. The van der Waals surface area contributed by atoms with Gasteiger partial charge in [0, 0.05) is 11.8 Å². The van der Waals surface area contributed by atoms with Crippen LogP contribution in [0.2, 0.25) is 0 Å². The molecule has 0 aliphatic rings. The summed E-state index contributed by atoms with van der Waals surface area (Å²) in [5.74, 6) is 0.746. The zero-order valence-corrected chi connectivity index (χ0v) is 18.4. The van der Waals surface area contributed by atoms with E-state index in [1.165, 1.54) is 11.5 Å². The predicted molar refractivity (Wildman–Crippen MR) is 125 cm³/mol. The molecule has 0 saturated heterocycles. The van der Waals surface area contributed by atoms with Crippen molar-refractivity contribution >= 4 is 17.2 Å². The van der Waals surface area contributed by atoms with E-state index < -0.39 is 11.6 Å². The lowest BCUT2D eigenvalue weighted by Gasteiger charge is -2.10. The van der Waals surface area contributed by atoms with Gasteiger partial charge < -0.3 is 14.6 Å². The number of carbonyl (C=O) groups is 1. The van der Waals surface area contributed by atoms with Gasteiger partial charge in [-0.05, 0) is 36.8 Å². The Kier molecular flexibility index (Phi) is 5.38. The average molecular weight is 456 g/mol. The third kappa shape index (κ3) is 3.92. The number of hydrogen-bond acceptors (Lipinski definition) is 7. The van der Waals surface area contributed by atoms with E-state index >= 15 is 0 Å². The molecule has 5 aromatic rings. The van der Waals surface area contributed by atoms with Crippen LogP contribution in [0.5, 0.6) is 5.75 Å². The number of methoxy groups -OCH3 is 1. The summed E-state index contributed by atoms with van der Waals surface area (Å²) in [6, 6.07) is 18.2. The van der Waals surface area contributed by atoms with Gasteiger partial charge in [0.15, 0.2) is 5.65 Å². The van der Waals surface area contributed by atoms with Crippen molar-refractivity contribution < 1.29 is 14.1 Å². The summed E-state index contributed by atoms with van der Waals surface area (Å²) in [6.07, 6.45) is 1.57. The maximum Gasteiger partial charge on any atom is 0.350 e. The van der Waals surface area contributed by atoms with Gasteiger partial charge in [0.05, 0.1) is 18.4 Å². The number of amides is 1. The van der Waals surface area contributed by atoms with E-state index in [0.717, 1.165) is 15.8 Å². The molecule has 0 atom stereocenters. The molecule has 3 heterocycles. The molecule has 0 aliphatic heterocycles. The van der Waals surface area contributed by atoms with Gasteiger partial charge in [-0.2, -0.15) is 4.98 Å². The highest BCUT2D eigenvalue weighted by Crippen LogP contribution is 2.26. The molecule has 0 bridgehead atoms. The highest BCUT2D eigenvalue weighted by atomic mass is 16.5. The minimum absolute atomic E-state index is 0.218. The number of pyridine rings is 1. The van der Waals surface area contributed by atoms with Crippen molar-refractivity contribution in [1.82, 2.24) is 24.3 Å². The van der Waals surface area contributed by atoms with Crippen LogP contribution >= 0.6 is 0 Å². The Balaban J connectivity index is 1.45. The predicted octanol–water partition coefficient (Wildman–Crippen LogP) is 3.17. The smallest absolute Gasteiger partial charge is 0.350 e. The molecule has 10 nitrogen and oxygen atoms in total. The Morgan fingerprint density at radius 1 is 1.12 bits per heavy atom. The van der Waals surface area contributed by atoms with Crippen molar-refractivity contribution in [2.24, 2.45) is 0 Å². The number of fused-ring (bicyclic) bond motifs is 1. The second-order valence-corrected chi connectivity index (χ2v) is 7.60. The Labute approximate surface area is 193 Å². The Bertz CT molecular complexity index is 1550. The minimum atomic E-state index is -0.467. The van der Waals surface area contributed by atoms with Crippen LogP contribution in [0.3, 0.4) is 0 Å². The van der Waals surface area contributed by atoms with Gasteiger partial charge in [0.1, 0.15) is 12.3 Å². The van der Waals surface area contributed by atoms with E-state index in [9.17, 15) is 9.59 Å². The largest absolute Gasteiger partial charge is 0.495 e. The maximum absolute atomic E-state index is 12.9. The number of nitrogens with zero attached hydrogens (tertiary/aromatic N) is 5. The zero-order valence-electron chi connectivity index (χ0n) is 18.4. The molecule has 3 aromatic heterocycles. The molecule has 1 amide bonds. The standard InChI is InChI=1S/C24H20N6O4/c1-15-10-11-19(33-2)18(13-15)25-20(31)14-30-24(32)29-12-6-9-17(22(29)27-30)23-26-21(28-34-23)16-7-4-3-5-8-16/h3-13H,14H2,1-2H3,(H,25,31). The van der Waals surface area contributed by atoms with Gasteiger partial charge in [-0.1, -0.05) is 41.6 Å². The molecule has 10 heteroatoms. The summed E-state index contributed by atoms with van der Waals surface area (Å²) in [4.78, 5) is 30.0. The molecule has 0 saturated carbocycles. The van der Waals surface area contributed by atoms with Crippen molar-refractivity contribution in [3.05, 3.63) is 82.9 Å². The van der Waals surface area contributed by atoms with Crippen LogP contribution in [0.25, 0.3) is 28.5 Å². The zero-order chi connectivity index (χ0) is 23.7. The fourth-order valence-corrected chi connectivity index (χ4v) is 3.59. The molecule has 0 spiro atoms. The summed E-state index contributed by atoms with van der Waals surface area (Å²) >= 11 is 0. The first-order valence-electron chi connectivity index (χ1n) is 10.5. The van der Waals surface area contributed by atoms with Gasteiger partial charge >= 0.3 is 5.69 Å². The summed E-state index contributed by atoms with van der Waals surface area (Å²) in [7, 11) is 1.52. The van der Waals surface area contributed by atoms with E-state index in [2.05, 4.69) is 20.6 Å². The van der Waals surface area contributed by atoms with Crippen LogP contribution in [-0.4, -0.2) is 37.3 Å². The van der Waals surface area contributed by atoms with Gasteiger partial charge in [-0.25, -0.2) is 13.9 Å². The fourth-order valence-electron chi connectivity index (χ4n) is 3.59. The number of anilines is 1. The highest BCUT2D eigenvalue weighted by molar-refractivity contribution is 5.92. The quantitative estimate of drug-likeness (QED) is 0.417. The highest BCUT2D eigenvalue weighted by Gasteiger charge is 2.19. The number of ether oxygens (including phenoxy) is 1. The molecule has 170 valence electrons. The molecular weight excluding hydrogens is 436 g/mol. The van der Waals surface area contributed by atoms with Gasteiger partial charge in [0.25, 0.3) is 5.89 Å². The number of nitrogens with one attached hydrogen (secondary N) is 1. The lowest BCUT2D eigenvalue weighted by atomic mass is 10.2. The van der Waals surface area contributed by atoms with Crippen LogP contribution < -0.4 is 15.7 Å². The first kappa shape index (κ1) is 21.1. The fraction of sp³-hybridized carbons (Fsp3) is 0.125. The lowest BCUT2D eigenvalue weighted by Crippen LogP contribution is -2.28. The Morgan fingerprint density at radius 2 is 1.94 bits per heavy atom. The number of hydrogen-bond donors (Lipinski definition) is 1. The minimum Gasteiger partial charge on any atom is -0.495 e. The molecule has 0 fully saturated rings. The second kappa shape index (κ2) is 8.66. The van der Waals surface area contributed by atoms with Crippen molar-refractivity contribution in [2.45, 2.75) is 13.5 Å². The summed E-state index contributed by atoms with van der Waals surface area (Å²) in [5, 5.41) is 11.2. The molecule has 0 aliphatic carbocycles. The molecule has 2 aromatic carbocycles. The second-order valence-electron chi connectivity index (χ2n) is 7.60. The third-order valence-electron chi connectivity index (χ3n) is 5.22. The van der Waals surface area contributed by atoms with Crippen molar-refractivity contribution in [3.63, 3.8) is 0 Å². The van der Waals surface area contributed by atoms with Crippen LogP contribution in [0.15, 0.2) is 76.2 Å². The number of carbonyl (C=O) groups excluding carboxylic acids is 1. The van der Waals surface area contributed by atoms with Crippen LogP contribution in [0, 0.1) is 6.92 Å². The number of benzene rings is 2. The monoisotopic (exact) mass is 456 g/mol. The summed E-state index contributed by atoms with van der Waals surface area (Å²) in [5.41, 5.74) is 2.59. The van der Waals surface area contributed by atoms with Crippen LogP contribution in [-0.2, 0) is 11.3 Å². The van der Waals surface area contributed by atoms with E-state index in [-0.39, 0.29) is 12.4 Å².